The highest BCUT2D eigenvalue weighted by atomic mass is 16.4. The molecule has 0 saturated heterocycles. The van der Waals surface area contributed by atoms with Gasteiger partial charge in [0, 0.05) is 12.7 Å². The molecule has 5 heteroatoms. The second-order valence-corrected chi connectivity index (χ2v) is 5.56. The summed E-state index contributed by atoms with van der Waals surface area (Å²) >= 11 is 0. The maximum atomic E-state index is 12.4. The Morgan fingerprint density at radius 3 is 2.85 bits per heavy atom. The van der Waals surface area contributed by atoms with Crippen molar-refractivity contribution in [1.82, 2.24) is 9.88 Å². The van der Waals surface area contributed by atoms with E-state index < -0.39 is 11.5 Å². The van der Waals surface area contributed by atoms with Gasteiger partial charge in [-0.2, -0.15) is 0 Å². The van der Waals surface area contributed by atoms with Crippen LogP contribution >= 0.6 is 0 Å². The molecular formula is C15H22N2O3. The zero-order valence-electron chi connectivity index (χ0n) is 12.1. The van der Waals surface area contributed by atoms with Crippen LogP contribution in [0, 0.1) is 5.92 Å². The van der Waals surface area contributed by atoms with E-state index in [0.29, 0.717) is 18.7 Å². The van der Waals surface area contributed by atoms with Gasteiger partial charge in [-0.1, -0.05) is 19.8 Å². The van der Waals surface area contributed by atoms with Crippen LogP contribution in [-0.4, -0.2) is 27.1 Å². The summed E-state index contributed by atoms with van der Waals surface area (Å²) in [6.07, 6.45) is 5.03. The van der Waals surface area contributed by atoms with E-state index in [1.807, 2.05) is 24.6 Å². The Morgan fingerprint density at radius 2 is 2.25 bits per heavy atom. The molecule has 5 nitrogen and oxygen atoms in total. The average molecular weight is 278 g/mol. The summed E-state index contributed by atoms with van der Waals surface area (Å²) in [4.78, 5) is 24.1. The molecule has 1 amide bonds. The highest BCUT2D eigenvalue weighted by Crippen LogP contribution is 2.34. The first-order valence-electron chi connectivity index (χ1n) is 7.22. The van der Waals surface area contributed by atoms with Gasteiger partial charge in [0.25, 0.3) is 5.91 Å². The Balaban J connectivity index is 2.25. The Kier molecular flexibility index (Phi) is 4.16. The summed E-state index contributed by atoms with van der Waals surface area (Å²) in [6.45, 7) is 4.55. The molecule has 0 aliphatic heterocycles. The number of carbonyl (C=O) groups excluding carboxylic acids is 1. The maximum absolute atomic E-state index is 12.4. The summed E-state index contributed by atoms with van der Waals surface area (Å²) in [7, 11) is 0. The van der Waals surface area contributed by atoms with Crippen LogP contribution in [0.1, 0.15) is 50.0 Å². The predicted molar refractivity (Wildman–Crippen MR) is 75.6 cm³/mol. The smallest absolute Gasteiger partial charge is 0.329 e. The van der Waals surface area contributed by atoms with E-state index in [9.17, 15) is 14.7 Å². The minimum absolute atomic E-state index is 0.0530. The lowest BCUT2D eigenvalue weighted by atomic mass is 9.73. The van der Waals surface area contributed by atoms with Gasteiger partial charge in [-0.25, -0.2) is 4.79 Å². The molecule has 20 heavy (non-hydrogen) atoms. The summed E-state index contributed by atoms with van der Waals surface area (Å²) in [6, 6.07) is 3.53. The fraction of sp³-hybridized carbons (Fsp3) is 0.600. The van der Waals surface area contributed by atoms with Crippen LogP contribution in [-0.2, 0) is 11.3 Å². The fourth-order valence-electron chi connectivity index (χ4n) is 3.07. The van der Waals surface area contributed by atoms with Crippen molar-refractivity contribution >= 4 is 11.9 Å². The van der Waals surface area contributed by atoms with Crippen molar-refractivity contribution in [2.45, 2.75) is 51.6 Å². The number of aliphatic carboxylic acids is 1. The van der Waals surface area contributed by atoms with Crippen molar-refractivity contribution in [1.29, 1.82) is 0 Å². The van der Waals surface area contributed by atoms with E-state index in [1.54, 1.807) is 12.1 Å². The quantitative estimate of drug-likeness (QED) is 0.887. The molecule has 0 radical (unpaired) electrons. The molecular weight excluding hydrogens is 256 g/mol. The standard InChI is InChI=1S/C15H22N2O3/c1-3-17-10-6-8-12(17)13(18)16-15(14(19)20)9-5-4-7-11(15)2/h6,8,10-11H,3-5,7,9H2,1-2H3,(H,16,18)(H,19,20). The predicted octanol–water partition coefficient (Wildman–Crippen LogP) is 2.27. The number of hydrogen-bond donors (Lipinski definition) is 2. The van der Waals surface area contributed by atoms with Gasteiger partial charge in [0.1, 0.15) is 11.2 Å². The number of rotatable bonds is 4. The van der Waals surface area contributed by atoms with Crippen LogP contribution in [0.3, 0.4) is 0 Å². The molecule has 1 heterocycles. The van der Waals surface area contributed by atoms with Crippen LogP contribution in [0.15, 0.2) is 18.3 Å². The van der Waals surface area contributed by atoms with Crippen LogP contribution in [0.25, 0.3) is 0 Å². The Morgan fingerprint density at radius 1 is 1.50 bits per heavy atom. The van der Waals surface area contributed by atoms with Crippen molar-refractivity contribution in [2.24, 2.45) is 5.92 Å². The monoisotopic (exact) mass is 278 g/mol. The highest BCUT2D eigenvalue weighted by molar-refractivity contribution is 5.97. The number of aryl methyl sites for hydroxylation is 1. The minimum atomic E-state index is -1.13. The zero-order valence-corrected chi connectivity index (χ0v) is 12.1. The topological polar surface area (TPSA) is 71.3 Å². The summed E-state index contributed by atoms with van der Waals surface area (Å²) < 4.78 is 1.82. The summed E-state index contributed by atoms with van der Waals surface area (Å²) in [5.74, 6) is -1.27. The van der Waals surface area contributed by atoms with Gasteiger partial charge in [0.05, 0.1) is 0 Å². The van der Waals surface area contributed by atoms with Crippen molar-refractivity contribution in [3.63, 3.8) is 0 Å². The molecule has 1 aromatic rings. The van der Waals surface area contributed by atoms with E-state index in [4.69, 9.17) is 0 Å². The highest BCUT2D eigenvalue weighted by Gasteiger charge is 2.46. The third-order valence-corrected chi connectivity index (χ3v) is 4.42. The number of hydrogen-bond acceptors (Lipinski definition) is 2. The van der Waals surface area contributed by atoms with Gasteiger partial charge in [-0.3, -0.25) is 4.79 Å². The second-order valence-electron chi connectivity index (χ2n) is 5.56. The lowest BCUT2D eigenvalue weighted by molar-refractivity contribution is -0.148. The van der Waals surface area contributed by atoms with Gasteiger partial charge < -0.3 is 15.0 Å². The van der Waals surface area contributed by atoms with Gasteiger partial charge in [0.2, 0.25) is 0 Å². The number of nitrogens with zero attached hydrogens (tertiary/aromatic N) is 1. The van der Waals surface area contributed by atoms with Crippen molar-refractivity contribution in [3.05, 3.63) is 24.0 Å². The van der Waals surface area contributed by atoms with E-state index in [2.05, 4.69) is 5.32 Å². The number of nitrogens with one attached hydrogen (secondary N) is 1. The van der Waals surface area contributed by atoms with Gasteiger partial charge >= 0.3 is 5.97 Å². The first-order valence-corrected chi connectivity index (χ1v) is 7.22. The van der Waals surface area contributed by atoms with Crippen LogP contribution in [0.5, 0.6) is 0 Å². The molecule has 2 N–H and O–H groups in total. The van der Waals surface area contributed by atoms with E-state index >= 15 is 0 Å². The molecule has 1 aliphatic rings. The number of carboxylic acid groups (broad SMARTS) is 1. The number of carboxylic acids is 1. The molecule has 1 fully saturated rings. The van der Waals surface area contributed by atoms with Gasteiger partial charge in [-0.05, 0) is 37.8 Å². The molecule has 1 aliphatic carbocycles. The fourth-order valence-corrected chi connectivity index (χ4v) is 3.07. The first-order chi connectivity index (χ1) is 9.51. The molecule has 1 aromatic heterocycles. The van der Waals surface area contributed by atoms with E-state index in [0.717, 1.165) is 19.3 Å². The zero-order chi connectivity index (χ0) is 14.8. The van der Waals surface area contributed by atoms with Gasteiger partial charge in [0.15, 0.2) is 0 Å². The molecule has 1 saturated carbocycles. The van der Waals surface area contributed by atoms with E-state index in [-0.39, 0.29) is 11.8 Å². The molecule has 0 spiro atoms. The molecule has 0 bridgehead atoms. The minimum Gasteiger partial charge on any atom is -0.479 e. The third kappa shape index (κ3) is 2.44. The second kappa shape index (κ2) is 5.69. The average Bonchev–Trinajstić information content (AvgIpc) is 2.89. The van der Waals surface area contributed by atoms with Crippen LogP contribution in [0.2, 0.25) is 0 Å². The Hall–Kier alpha value is -1.78. The normalized spacial score (nSPS) is 26.2. The first kappa shape index (κ1) is 14.6. The molecule has 110 valence electrons. The molecule has 2 unspecified atom stereocenters. The van der Waals surface area contributed by atoms with Crippen molar-refractivity contribution in [3.8, 4) is 0 Å². The Labute approximate surface area is 119 Å². The summed E-state index contributed by atoms with van der Waals surface area (Å²) in [5.41, 5.74) is -0.607. The summed E-state index contributed by atoms with van der Waals surface area (Å²) in [5, 5.41) is 12.4. The van der Waals surface area contributed by atoms with Gasteiger partial charge in [-0.15, -0.1) is 0 Å². The SMILES string of the molecule is CCn1cccc1C(=O)NC1(C(=O)O)CCCCC1C. The third-order valence-electron chi connectivity index (χ3n) is 4.42. The maximum Gasteiger partial charge on any atom is 0.329 e. The van der Waals surface area contributed by atoms with Crippen LogP contribution in [0.4, 0.5) is 0 Å². The molecule has 0 aromatic carbocycles. The Bertz CT molecular complexity index is 509. The molecule has 2 rings (SSSR count). The number of carbonyl (C=O) groups is 2. The largest absolute Gasteiger partial charge is 0.479 e. The van der Waals surface area contributed by atoms with Crippen LogP contribution < -0.4 is 5.32 Å². The molecule has 2 atom stereocenters. The number of amides is 1. The van der Waals surface area contributed by atoms with Crippen molar-refractivity contribution < 1.29 is 14.7 Å². The lowest BCUT2D eigenvalue weighted by Crippen LogP contribution is -2.60. The van der Waals surface area contributed by atoms with E-state index in [1.165, 1.54) is 0 Å². The number of aromatic nitrogens is 1. The lowest BCUT2D eigenvalue weighted by Gasteiger charge is -2.39. The van der Waals surface area contributed by atoms with Crippen molar-refractivity contribution in [2.75, 3.05) is 0 Å².